The highest BCUT2D eigenvalue weighted by molar-refractivity contribution is 5.91. The standard InChI is InChI=1S/C13H20N2O2/c1-9(2)11-7-14-10(3)8-15(11)13(16)12-5-4-6-17-12/h4-6,9-11,14H,7-8H2,1-3H3. The fraction of sp³-hybridized carbons (Fsp3) is 0.615. The second kappa shape index (κ2) is 4.92. The zero-order valence-corrected chi connectivity index (χ0v) is 10.6. The maximum atomic E-state index is 12.3. The zero-order chi connectivity index (χ0) is 12.4. The Morgan fingerprint density at radius 2 is 2.35 bits per heavy atom. The van der Waals surface area contributed by atoms with Gasteiger partial charge in [-0.05, 0) is 25.0 Å². The van der Waals surface area contributed by atoms with E-state index in [-0.39, 0.29) is 11.9 Å². The number of piperazine rings is 1. The largest absolute Gasteiger partial charge is 0.459 e. The van der Waals surface area contributed by atoms with Gasteiger partial charge in [-0.3, -0.25) is 4.79 Å². The van der Waals surface area contributed by atoms with Gasteiger partial charge in [0, 0.05) is 25.2 Å². The minimum atomic E-state index is 0.00190. The Kier molecular flexibility index (Phi) is 3.52. The van der Waals surface area contributed by atoms with E-state index in [1.54, 1.807) is 18.4 Å². The second-order valence-electron chi connectivity index (χ2n) is 5.06. The van der Waals surface area contributed by atoms with Gasteiger partial charge in [-0.25, -0.2) is 0 Å². The van der Waals surface area contributed by atoms with E-state index in [1.165, 1.54) is 0 Å². The van der Waals surface area contributed by atoms with Crippen molar-refractivity contribution in [1.82, 2.24) is 10.2 Å². The number of carbonyl (C=O) groups is 1. The minimum Gasteiger partial charge on any atom is -0.459 e. The summed E-state index contributed by atoms with van der Waals surface area (Å²) in [4.78, 5) is 14.3. The minimum absolute atomic E-state index is 0.00190. The molecule has 1 saturated heterocycles. The molecule has 0 aliphatic carbocycles. The molecule has 0 spiro atoms. The molecule has 1 N–H and O–H groups in total. The topological polar surface area (TPSA) is 45.5 Å². The van der Waals surface area contributed by atoms with Gasteiger partial charge in [0.2, 0.25) is 0 Å². The third-order valence-corrected chi connectivity index (χ3v) is 3.31. The molecule has 4 heteroatoms. The zero-order valence-electron chi connectivity index (χ0n) is 10.6. The van der Waals surface area contributed by atoms with Gasteiger partial charge in [0.05, 0.1) is 6.26 Å². The molecule has 1 aromatic heterocycles. The molecule has 1 fully saturated rings. The number of carbonyl (C=O) groups excluding carboxylic acids is 1. The van der Waals surface area contributed by atoms with E-state index < -0.39 is 0 Å². The Balaban J connectivity index is 2.17. The van der Waals surface area contributed by atoms with Gasteiger partial charge in [-0.15, -0.1) is 0 Å². The van der Waals surface area contributed by atoms with Crippen molar-refractivity contribution in [3.8, 4) is 0 Å². The van der Waals surface area contributed by atoms with E-state index >= 15 is 0 Å². The van der Waals surface area contributed by atoms with Gasteiger partial charge in [0.15, 0.2) is 5.76 Å². The van der Waals surface area contributed by atoms with Gasteiger partial charge in [-0.2, -0.15) is 0 Å². The molecule has 1 aromatic rings. The summed E-state index contributed by atoms with van der Waals surface area (Å²) >= 11 is 0. The van der Waals surface area contributed by atoms with Gasteiger partial charge in [-0.1, -0.05) is 13.8 Å². The van der Waals surface area contributed by atoms with Crippen molar-refractivity contribution in [3.05, 3.63) is 24.2 Å². The number of hydrogen-bond donors (Lipinski definition) is 1. The van der Waals surface area contributed by atoms with Crippen LogP contribution < -0.4 is 5.32 Å². The summed E-state index contributed by atoms with van der Waals surface area (Å²) in [6.07, 6.45) is 1.54. The third-order valence-electron chi connectivity index (χ3n) is 3.31. The summed E-state index contributed by atoms with van der Waals surface area (Å²) in [5.41, 5.74) is 0. The van der Waals surface area contributed by atoms with Gasteiger partial charge in [0.1, 0.15) is 0 Å². The van der Waals surface area contributed by atoms with Crippen LogP contribution >= 0.6 is 0 Å². The Labute approximate surface area is 102 Å². The quantitative estimate of drug-likeness (QED) is 0.850. The van der Waals surface area contributed by atoms with Crippen LogP contribution in [0.25, 0.3) is 0 Å². The highest BCUT2D eigenvalue weighted by Gasteiger charge is 2.32. The monoisotopic (exact) mass is 236 g/mol. The van der Waals surface area contributed by atoms with Crippen molar-refractivity contribution in [3.63, 3.8) is 0 Å². The smallest absolute Gasteiger partial charge is 0.289 e. The molecule has 17 heavy (non-hydrogen) atoms. The summed E-state index contributed by atoms with van der Waals surface area (Å²) in [6.45, 7) is 7.97. The summed E-state index contributed by atoms with van der Waals surface area (Å²) in [5, 5.41) is 3.42. The molecule has 0 saturated carbocycles. The molecule has 0 aromatic carbocycles. The normalized spacial score (nSPS) is 25.3. The Morgan fingerprint density at radius 1 is 1.59 bits per heavy atom. The van der Waals surface area contributed by atoms with Crippen molar-refractivity contribution >= 4 is 5.91 Å². The Hall–Kier alpha value is -1.29. The molecule has 1 amide bonds. The van der Waals surface area contributed by atoms with Gasteiger partial charge >= 0.3 is 0 Å². The van der Waals surface area contributed by atoms with E-state index in [2.05, 4.69) is 26.1 Å². The first-order valence-electron chi connectivity index (χ1n) is 6.17. The number of amides is 1. The third kappa shape index (κ3) is 2.52. The number of furan rings is 1. The van der Waals surface area contributed by atoms with Crippen LogP contribution in [0, 0.1) is 5.92 Å². The van der Waals surface area contributed by atoms with Crippen molar-refractivity contribution in [2.24, 2.45) is 5.92 Å². The van der Waals surface area contributed by atoms with Crippen LogP contribution in [0.4, 0.5) is 0 Å². The molecule has 1 aliphatic heterocycles. The van der Waals surface area contributed by atoms with Crippen LogP contribution in [0.2, 0.25) is 0 Å². The van der Waals surface area contributed by atoms with Crippen LogP contribution in [0.5, 0.6) is 0 Å². The van der Waals surface area contributed by atoms with Crippen LogP contribution in [0.1, 0.15) is 31.3 Å². The SMILES string of the molecule is CC1CN(C(=O)c2ccco2)C(C(C)C)CN1. The fourth-order valence-corrected chi connectivity index (χ4v) is 2.30. The Morgan fingerprint density at radius 3 is 2.94 bits per heavy atom. The predicted octanol–water partition coefficient (Wildman–Crippen LogP) is 1.74. The van der Waals surface area contributed by atoms with E-state index in [0.717, 1.165) is 13.1 Å². The lowest BCUT2D eigenvalue weighted by atomic mass is 9.98. The average molecular weight is 236 g/mol. The van der Waals surface area contributed by atoms with E-state index in [4.69, 9.17) is 4.42 Å². The molecule has 4 nitrogen and oxygen atoms in total. The van der Waals surface area contributed by atoms with Crippen LogP contribution in [-0.4, -0.2) is 36.0 Å². The van der Waals surface area contributed by atoms with Crippen molar-refractivity contribution in [1.29, 1.82) is 0 Å². The summed E-state index contributed by atoms with van der Waals surface area (Å²) in [7, 11) is 0. The van der Waals surface area contributed by atoms with Crippen molar-refractivity contribution in [2.75, 3.05) is 13.1 Å². The number of rotatable bonds is 2. The van der Waals surface area contributed by atoms with Gasteiger partial charge in [0.25, 0.3) is 5.91 Å². The first-order chi connectivity index (χ1) is 8.09. The molecule has 2 atom stereocenters. The van der Waals surface area contributed by atoms with E-state index in [1.807, 2.05) is 4.90 Å². The molecule has 2 heterocycles. The lowest BCUT2D eigenvalue weighted by molar-refractivity contribution is 0.0490. The summed E-state index contributed by atoms with van der Waals surface area (Å²) < 4.78 is 5.20. The Bertz CT molecular complexity index is 373. The fourth-order valence-electron chi connectivity index (χ4n) is 2.30. The van der Waals surface area contributed by atoms with E-state index in [0.29, 0.717) is 17.7 Å². The summed E-state index contributed by atoms with van der Waals surface area (Å²) in [6, 6.07) is 4.06. The van der Waals surface area contributed by atoms with E-state index in [9.17, 15) is 4.79 Å². The molecular weight excluding hydrogens is 216 g/mol. The van der Waals surface area contributed by atoms with Crippen LogP contribution in [-0.2, 0) is 0 Å². The molecule has 0 radical (unpaired) electrons. The molecule has 1 aliphatic rings. The lowest BCUT2D eigenvalue weighted by Gasteiger charge is -2.41. The average Bonchev–Trinajstić information content (AvgIpc) is 2.80. The number of nitrogens with one attached hydrogen (secondary N) is 1. The van der Waals surface area contributed by atoms with Crippen molar-refractivity contribution < 1.29 is 9.21 Å². The first-order valence-corrected chi connectivity index (χ1v) is 6.17. The maximum absolute atomic E-state index is 12.3. The summed E-state index contributed by atoms with van der Waals surface area (Å²) in [5.74, 6) is 0.876. The van der Waals surface area contributed by atoms with Gasteiger partial charge < -0.3 is 14.6 Å². The molecule has 0 bridgehead atoms. The van der Waals surface area contributed by atoms with Crippen molar-refractivity contribution in [2.45, 2.75) is 32.9 Å². The second-order valence-corrected chi connectivity index (χ2v) is 5.06. The first kappa shape index (κ1) is 12.2. The van der Waals surface area contributed by atoms with Crippen LogP contribution in [0.3, 0.4) is 0 Å². The lowest BCUT2D eigenvalue weighted by Crippen LogP contribution is -2.59. The van der Waals surface area contributed by atoms with Crippen LogP contribution in [0.15, 0.2) is 22.8 Å². The number of hydrogen-bond acceptors (Lipinski definition) is 3. The molecule has 94 valence electrons. The number of nitrogens with zero attached hydrogens (tertiary/aromatic N) is 1. The molecule has 2 unspecified atom stereocenters. The highest BCUT2D eigenvalue weighted by atomic mass is 16.3. The highest BCUT2D eigenvalue weighted by Crippen LogP contribution is 2.18. The predicted molar refractivity (Wildman–Crippen MR) is 65.8 cm³/mol. The molecular formula is C13H20N2O2. The molecule has 2 rings (SSSR count). The maximum Gasteiger partial charge on any atom is 0.289 e.